The van der Waals surface area contributed by atoms with E-state index in [2.05, 4.69) is 24.0 Å². The van der Waals surface area contributed by atoms with Gasteiger partial charge >= 0.3 is 0 Å². The number of hydrogen-bond acceptors (Lipinski definition) is 2. The fraction of sp³-hybridized carbons (Fsp3) is 0.125. The average Bonchev–Trinajstić information content (AvgIpc) is 2.74. The smallest absolute Gasteiger partial charge is 0.0575 e. The van der Waals surface area contributed by atoms with Crippen LogP contribution in [-0.4, -0.2) is 4.98 Å². The second kappa shape index (κ2) is 4.44. The number of aromatic nitrogens is 1. The molecule has 3 rings (SSSR count). The molecule has 1 heterocycles. The second-order valence-electron chi connectivity index (χ2n) is 4.85. The number of para-hydroxylation sites is 1. The summed E-state index contributed by atoms with van der Waals surface area (Å²) in [4.78, 5) is 3.38. The predicted octanol–water partition coefficient (Wildman–Crippen LogP) is 3.11. The molecule has 96 valence electrons. The Bertz CT molecular complexity index is 710. The first-order valence-corrected chi connectivity index (χ1v) is 6.35. The molecule has 3 nitrogen and oxygen atoms in total. The number of hydrogen-bond donors (Lipinski definition) is 3. The van der Waals surface area contributed by atoms with Crippen LogP contribution in [0.5, 0.6) is 0 Å². The van der Waals surface area contributed by atoms with Crippen molar-refractivity contribution in [3.63, 3.8) is 0 Å². The summed E-state index contributed by atoms with van der Waals surface area (Å²) in [6.45, 7) is 2.06. The number of nitrogens with two attached hydrogens (primary N) is 2. The van der Waals surface area contributed by atoms with E-state index in [1.807, 2.05) is 36.4 Å². The van der Waals surface area contributed by atoms with Gasteiger partial charge in [0.05, 0.1) is 6.04 Å². The van der Waals surface area contributed by atoms with E-state index in [0.29, 0.717) is 0 Å². The molecule has 1 unspecified atom stereocenters. The molecule has 0 saturated carbocycles. The van der Waals surface area contributed by atoms with Crippen LogP contribution in [0.4, 0.5) is 5.69 Å². The van der Waals surface area contributed by atoms with Crippen molar-refractivity contribution in [2.75, 3.05) is 5.73 Å². The Morgan fingerprint density at radius 1 is 1.00 bits per heavy atom. The van der Waals surface area contributed by atoms with E-state index in [1.165, 1.54) is 5.39 Å². The Balaban J connectivity index is 2.13. The SMILES string of the molecule is Cc1[nH]c2ccccc2c1C(N)c1ccc(N)cc1. The molecule has 19 heavy (non-hydrogen) atoms. The van der Waals surface area contributed by atoms with E-state index in [1.54, 1.807) is 0 Å². The Morgan fingerprint density at radius 3 is 2.42 bits per heavy atom. The zero-order chi connectivity index (χ0) is 13.4. The largest absolute Gasteiger partial charge is 0.399 e. The van der Waals surface area contributed by atoms with Crippen molar-refractivity contribution in [1.29, 1.82) is 0 Å². The van der Waals surface area contributed by atoms with Crippen molar-refractivity contribution in [2.24, 2.45) is 5.73 Å². The summed E-state index contributed by atoms with van der Waals surface area (Å²) < 4.78 is 0. The summed E-state index contributed by atoms with van der Waals surface area (Å²) in [7, 11) is 0. The number of H-pyrrole nitrogens is 1. The lowest BCUT2D eigenvalue weighted by Gasteiger charge is -2.13. The molecule has 0 spiro atoms. The van der Waals surface area contributed by atoms with Crippen LogP contribution >= 0.6 is 0 Å². The summed E-state index contributed by atoms with van der Waals surface area (Å²) in [5.41, 5.74) is 17.4. The maximum atomic E-state index is 6.42. The van der Waals surface area contributed by atoms with Crippen molar-refractivity contribution >= 4 is 16.6 Å². The molecule has 0 saturated heterocycles. The van der Waals surface area contributed by atoms with Crippen LogP contribution < -0.4 is 11.5 Å². The highest BCUT2D eigenvalue weighted by Gasteiger charge is 2.16. The van der Waals surface area contributed by atoms with Crippen LogP contribution in [0.3, 0.4) is 0 Å². The molecule has 5 N–H and O–H groups in total. The highest BCUT2D eigenvalue weighted by Crippen LogP contribution is 2.30. The third-order valence-corrected chi connectivity index (χ3v) is 3.55. The first-order chi connectivity index (χ1) is 9.16. The van der Waals surface area contributed by atoms with Crippen LogP contribution in [0.15, 0.2) is 48.5 Å². The molecule has 3 heteroatoms. The Hall–Kier alpha value is -2.26. The quantitative estimate of drug-likeness (QED) is 0.612. The van der Waals surface area contributed by atoms with Gasteiger partial charge in [-0.05, 0) is 30.7 Å². The molecule has 0 amide bonds. The van der Waals surface area contributed by atoms with Crippen LogP contribution in [0, 0.1) is 6.92 Å². The summed E-state index contributed by atoms with van der Waals surface area (Å²) in [5, 5.41) is 1.18. The van der Waals surface area contributed by atoms with Gasteiger partial charge in [-0.2, -0.15) is 0 Å². The fourth-order valence-electron chi connectivity index (χ4n) is 2.57. The van der Waals surface area contributed by atoms with Crippen molar-refractivity contribution < 1.29 is 0 Å². The highest BCUT2D eigenvalue weighted by atomic mass is 14.7. The minimum atomic E-state index is -0.142. The van der Waals surface area contributed by atoms with Crippen LogP contribution in [0.1, 0.15) is 22.9 Å². The van der Waals surface area contributed by atoms with Gasteiger partial charge in [-0.3, -0.25) is 0 Å². The summed E-state index contributed by atoms with van der Waals surface area (Å²) in [6.07, 6.45) is 0. The van der Waals surface area contributed by atoms with Gasteiger partial charge in [-0.25, -0.2) is 0 Å². The molecule has 0 fully saturated rings. The van der Waals surface area contributed by atoms with Crippen LogP contribution in [0.25, 0.3) is 10.9 Å². The van der Waals surface area contributed by atoms with Gasteiger partial charge in [0.1, 0.15) is 0 Å². The minimum absolute atomic E-state index is 0.142. The Labute approximate surface area is 112 Å². The number of aryl methyl sites for hydroxylation is 1. The van der Waals surface area contributed by atoms with E-state index >= 15 is 0 Å². The van der Waals surface area contributed by atoms with Crippen LogP contribution in [0.2, 0.25) is 0 Å². The number of aromatic amines is 1. The number of benzene rings is 2. The maximum absolute atomic E-state index is 6.42. The fourth-order valence-corrected chi connectivity index (χ4v) is 2.57. The monoisotopic (exact) mass is 251 g/mol. The van der Waals surface area contributed by atoms with Crippen LogP contribution in [-0.2, 0) is 0 Å². The number of nitrogen functional groups attached to an aromatic ring is 1. The molecular weight excluding hydrogens is 234 g/mol. The molecule has 0 aliphatic carbocycles. The lowest BCUT2D eigenvalue weighted by molar-refractivity contribution is 0.869. The van der Waals surface area contributed by atoms with Crippen molar-refractivity contribution in [1.82, 2.24) is 4.98 Å². The molecule has 3 aromatic rings. The van der Waals surface area contributed by atoms with Gasteiger partial charge < -0.3 is 16.5 Å². The number of rotatable bonds is 2. The Kier molecular flexibility index (Phi) is 2.76. The van der Waals surface area contributed by atoms with E-state index < -0.39 is 0 Å². The minimum Gasteiger partial charge on any atom is -0.399 e. The zero-order valence-electron chi connectivity index (χ0n) is 10.9. The zero-order valence-corrected chi connectivity index (χ0v) is 10.9. The van der Waals surface area contributed by atoms with Gasteiger partial charge in [0.2, 0.25) is 0 Å². The normalized spacial score (nSPS) is 12.7. The third-order valence-electron chi connectivity index (χ3n) is 3.55. The predicted molar refractivity (Wildman–Crippen MR) is 79.9 cm³/mol. The second-order valence-corrected chi connectivity index (χ2v) is 4.85. The van der Waals surface area contributed by atoms with Gasteiger partial charge in [-0.1, -0.05) is 30.3 Å². The summed E-state index contributed by atoms with van der Waals surface area (Å²) in [5.74, 6) is 0. The lowest BCUT2D eigenvalue weighted by Crippen LogP contribution is -2.12. The van der Waals surface area contributed by atoms with E-state index in [0.717, 1.165) is 28.0 Å². The molecule has 0 bridgehead atoms. The number of fused-ring (bicyclic) bond motifs is 1. The molecule has 1 aromatic heterocycles. The molecule has 0 aliphatic rings. The van der Waals surface area contributed by atoms with Crippen molar-refractivity contribution in [3.8, 4) is 0 Å². The van der Waals surface area contributed by atoms with Gasteiger partial charge in [0, 0.05) is 27.8 Å². The van der Waals surface area contributed by atoms with Crippen molar-refractivity contribution in [3.05, 3.63) is 65.4 Å². The van der Waals surface area contributed by atoms with Crippen molar-refractivity contribution in [2.45, 2.75) is 13.0 Å². The lowest BCUT2D eigenvalue weighted by atomic mass is 9.97. The summed E-state index contributed by atoms with van der Waals surface area (Å²) >= 11 is 0. The summed E-state index contributed by atoms with van der Waals surface area (Å²) in [6, 6.07) is 15.8. The topological polar surface area (TPSA) is 67.8 Å². The molecular formula is C16H17N3. The highest BCUT2D eigenvalue weighted by molar-refractivity contribution is 5.85. The van der Waals surface area contributed by atoms with E-state index in [-0.39, 0.29) is 6.04 Å². The molecule has 1 atom stereocenters. The molecule has 2 aromatic carbocycles. The van der Waals surface area contributed by atoms with E-state index in [4.69, 9.17) is 11.5 Å². The third kappa shape index (κ3) is 1.98. The van der Waals surface area contributed by atoms with Gasteiger partial charge in [-0.15, -0.1) is 0 Å². The van der Waals surface area contributed by atoms with Gasteiger partial charge in [0.25, 0.3) is 0 Å². The first-order valence-electron chi connectivity index (χ1n) is 6.35. The number of anilines is 1. The maximum Gasteiger partial charge on any atom is 0.0575 e. The molecule has 0 radical (unpaired) electrons. The van der Waals surface area contributed by atoms with E-state index in [9.17, 15) is 0 Å². The molecule has 0 aliphatic heterocycles. The first kappa shape index (κ1) is 11.8. The number of nitrogens with one attached hydrogen (secondary N) is 1. The Morgan fingerprint density at radius 2 is 1.68 bits per heavy atom. The standard InChI is InChI=1S/C16H17N3/c1-10-15(13-4-2-3-5-14(13)19-10)16(18)11-6-8-12(17)9-7-11/h2-9,16,19H,17-18H2,1H3. The van der Waals surface area contributed by atoms with Gasteiger partial charge in [0.15, 0.2) is 0 Å². The average molecular weight is 251 g/mol.